The number of aromatic nitrogens is 5. The molecular formula is C53H31N5O. The molecular weight excluding hydrogens is 723 g/mol. The molecule has 6 nitrogen and oxygen atoms in total. The van der Waals surface area contributed by atoms with E-state index in [2.05, 4.69) is 179 Å². The second kappa shape index (κ2) is 12.2. The Morgan fingerprint density at radius 2 is 0.932 bits per heavy atom. The zero-order chi connectivity index (χ0) is 38.6. The molecule has 274 valence electrons. The fourth-order valence-electron chi connectivity index (χ4n) is 9.31. The molecule has 9 aromatic carbocycles. The van der Waals surface area contributed by atoms with Gasteiger partial charge in [0.2, 0.25) is 5.95 Å². The Morgan fingerprint density at radius 3 is 1.66 bits per heavy atom. The lowest BCUT2D eigenvalue weighted by Gasteiger charge is -2.13. The molecule has 4 heterocycles. The van der Waals surface area contributed by atoms with Crippen LogP contribution in [0.5, 0.6) is 0 Å². The van der Waals surface area contributed by atoms with Gasteiger partial charge in [-0.15, -0.1) is 0 Å². The average Bonchev–Trinajstić information content (AvgIpc) is 3.96. The van der Waals surface area contributed by atoms with E-state index in [1.54, 1.807) is 0 Å². The third kappa shape index (κ3) is 4.65. The first-order chi connectivity index (χ1) is 29.3. The zero-order valence-corrected chi connectivity index (χ0v) is 31.5. The summed E-state index contributed by atoms with van der Waals surface area (Å²) in [5, 5.41) is 11.2. The van der Waals surface area contributed by atoms with Gasteiger partial charge in [-0.25, -0.2) is 4.98 Å². The van der Waals surface area contributed by atoms with Crippen molar-refractivity contribution >= 4 is 87.1 Å². The number of nitrogens with zero attached hydrogens (tertiary/aromatic N) is 5. The predicted molar refractivity (Wildman–Crippen MR) is 242 cm³/mol. The summed E-state index contributed by atoms with van der Waals surface area (Å²) in [5.41, 5.74) is 8.61. The molecule has 0 unspecified atom stereocenters. The Balaban J connectivity index is 1.16. The van der Waals surface area contributed by atoms with E-state index in [4.69, 9.17) is 19.4 Å². The molecule has 13 rings (SSSR count). The summed E-state index contributed by atoms with van der Waals surface area (Å²) in [4.78, 5) is 15.9. The van der Waals surface area contributed by atoms with Gasteiger partial charge in [0, 0.05) is 48.8 Å². The van der Waals surface area contributed by atoms with Crippen molar-refractivity contribution in [2.45, 2.75) is 0 Å². The molecule has 0 aliphatic heterocycles. The van der Waals surface area contributed by atoms with E-state index in [-0.39, 0.29) is 0 Å². The lowest BCUT2D eigenvalue weighted by Crippen LogP contribution is -2.06. The first kappa shape index (κ1) is 32.0. The van der Waals surface area contributed by atoms with E-state index >= 15 is 0 Å². The lowest BCUT2D eigenvalue weighted by molar-refractivity contribution is 0.670. The van der Waals surface area contributed by atoms with Gasteiger partial charge in [-0.2, -0.15) is 9.97 Å². The Morgan fingerprint density at radius 1 is 0.356 bits per heavy atom. The van der Waals surface area contributed by atoms with Crippen molar-refractivity contribution in [2.75, 3.05) is 0 Å². The molecule has 0 N–H and O–H groups in total. The molecule has 4 aromatic heterocycles. The van der Waals surface area contributed by atoms with E-state index in [0.29, 0.717) is 17.6 Å². The topological polar surface area (TPSA) is 61.7 Å². The van der Waals surface area contributed by atoms with Crippen LogP contribution in [0.1, 0.15) is 0 Å². The Hall–Kier alpha value is -8.09. The van der Waals surface area contributed by atoms with E-state index < -0.39 is 0 Å². The summed E-state index contributed by atoms with van der Waals surface area (Å²) >= 11 is 0. The molecule has 0 spiro atoms. The minimum atomic E-state index is 0.552. The van der Waals surface area contributed by atoms with Crippen molar-refractivity contribution in [3.05, 3.63) is 188 Å². The first-order valence-corrected chi connectivity index (χ1v) is 19.9. The standard InChI is InChI=1S/C53H31N5O/c1-2-15-33(16-3-1)51-54-52(56-53(55-51)58-44-24-12-8-20-37(44)38-21-9-13-25-45(38)58)41-28-29-46(50-48(41)40-27-26-32-14-6-7-19-36(32)49(40)59-50)57-43-23-11-10-22-39(43)42-30-34-17-4-5-18-35(34)31-47(42)57/h1-31H. The average molecular weight is 754 g/mol. The fourth-order valence-corrected chi connectivity index (χ4v) is 9.31. The molecule has 0 bridgehead atoms. The van der Waals surface area contributed by atoms with Gasteiger partial charge < -0.3 is 8.98 Å². The fraction of sp³-hybridized carbons (Fsp3) is 0. The molecule has 0 fully saturated rings. The van der Waals surface area contributed by atoms with Crippen LogP contribution in [0.25, 0.3) is 122 Å². The highest BCUT2D eigenvalue weighted by molar-refractivity contribution is 6.21. The maximum atomic E-state index is 7.20. The molecule has 6 heteroatoms. The van der Waals surface area contributed by atoms with Crippen molar-refractivity contribution < 1.29 is 4.42 Å². The minimum Gasteiger partial charge on any atom is -0.453 e. The second-order valence-electron chi connectivity index (χ2n) is 15.2. The normalized spacial score (nSPS) is 12.1. The van der Waals surface area contributed by atoms with Gasteiger partial charge in [0.1, 0.15) is 5.58 Å². The largest absolute Gasteiger partial charge is 0.453 e. The highest BCUT2D eigenvalue weighted by atomic mass is 16.3. The van der Waals surface area contributed by atoms with Crippen molar-refractivity contribution in [3.8, 4) is 34.4 Å². The quantitative estimate of drug-likeness (QED) is 0.180. The highest BCUT2D eigenvalue weighted by Gasteiger charge is 2.25. The second-order valence-corrected chi connectivity index (χ2v) is 15.2. The molecule has 0 amide bonds. The number of para-hydroxylation sites is 3. The molecule has 0 saturated heterocycles. The van der Waals surface area contributed by atoms with E-state index in [1.807, 2.05) is 18.2 Å². The molecule has 0 aliphatic rings. The number of hydrogen-bond acceptors (Lipinski definition) is 4. The minimum absolute atomic E-state index is 0.552. The number of furan rings is 1. The molecule has 0 saturated carbocycles. The summed E-state index contributed by atoms with van der Waals surface area (Å²) < 4.78 is 11.7. The maximum absolute atomic E-state index is 7.20. The summed E-state index contributed by atoms with van der Waals surface area (Å²) in [6.07, 6.45) is 0. The van der Waals surface area contributed by atoms with Crippen molar-refractivity contribution in [1.29, 1.82) is 0 Å². The molecule has 0 aliphatic carbocycles. The molecule has 59 heavy (non-hydrogen) atoms. The van der Waals surface area contributed by atoms with Crippen LogP contribution in [0, 0.1) is 0 Å². The van der Waals surface area contributed by atoms with Gasteiger partial charge in [-0.05, 0) is 64.7 Å². The Kier molecular flexibility index (Phi) is 6.63. The van der Waals surface area contributed by atoms with Gasteiger partial charge in [0.25, 0.3) is 0 Å². The molecule has 0 atom stereocenters. The van der Waals surface area contributed by atoms with Crippen molar-refractivity contribution in [1.82, 2.24) is 24.1 Å². The molecule has 13 aromatic rings. The number of benzene rings is 9. The smallest absolute Gasteiger partial charge is 0.238 e. The summed E-state index contributed by atoms with van der Waals surface area (Å²) in [6.45, 7) is 0. The van der Waals surface area contributed by atoms with E-state index in [0.717, 1.165) is 82.4 Å². The van der Waals surface area contributed by atoms with Crippen LogP contribution >= 0.6 is 0 Å². The van der Waals surface area contributed by atoms with Gasteiger partial charge in [0.15, 0.2) is 17.2 Å². The lowest BCUT2D eigenvalue weighted by atomic mass is 10.0. The Bertz CT molecular complexity index is 3800. The van der Waals surface area contributed by atoms with Gasteiger partial charge in [-0.3, -0.25) is 4.57 Å². The Labute approximate surface area is 336 Å². The third-order valence-electron chi connectivity index (χ3n) is 11.9. The maximum Gasteiger partial charge on any atom is 0.238 e. The third-order valence-corrected chi connectivity index (χ3v) is 11.9. The predicted octanol–water partition coefficient (Wildman–Crippen LogP) is 13.6. The van der Waals surface area contributed by atoms with Gasteiger partial charge in [0.05, 0.1) is 27.8 Å². The number of hydrogen-bond donors (Lipinski definition) is 0. The molecule has 0 radical (unpaired) electrons. The summed E-state index contributed by atoms with van der Waals surface area (Å²) in [7, 11) is 0. The van der Waals surface area contributed by atoms with Gasteiger partial charge in [-0.1, -0.05) is 140 Å². The van der Waals surface area contributed by atoms with Crippen LogP contribution < -0.4 is 0 Å². The monoisotopic (exact) mass is 753 g/mol. The number of rotatable bonds is 4. The first-order valence-electron chi connectivity index (χ1n) is 19.9. The van der Waals surface area contributed by atoms with Crippen LogP contribution in [0.4, 0.5) is 0 Å². The van der Waals surface area contributed by atoms with Gasteiger partial charge >= 0.3 is 0 Å². The highest BCUT2D eigenvalue weighted by Crippen LogP contribution is 2.44. The van der Waals surface area contributed by atoms with Crippen molar-refractivity contribution in [3.63, 3.8) is 0 Å². The zero-order valence-electron chi connectivity index (χ0n) is 31.5. The summed E-state index contributed by atoms with van der Waals surface area (Å²) in [6, 6.07) is 66.0. The summed E-state index contributed by atoms with van der Waals surface area (Å²) in [5.74, 6) is 1.71. The van der Waals surface area contributed by atoms with E-state index in [1.165, 1.54) is 21.5 Å². The van der Waals surface area contributed by atoms with Crippen LogP contribution in [0.2, 0.25) is 0 Å². The van der Waals surface area contributed by atoms with E-state index in [9.17, 15) is 0 Å². The van der Waals surface area contributed by atoms with Crippen LogP contribution in [0.15, 0.2) is 192 Å². The SMILES string of the molecule is c1ccc(-c2nc(-c3ccc(-n4c5ccccc5c5cc6ccccc6cc54)c4oc5c6ccccc6ccc5c34)nc(-n3c4ccccc4c4ccccc43)n2)cc1. The van der Waals surface area contributed by atoms with Crippen molar-refractivity contribution in [2.24, 2.45) is 0 Å². The van der Waals surface area contributed by atoms with Crippen LogP contribution in [0.3, 0.4) is 0 Å². The van der Waals surface area contributed by atoms with Crippen LogP contribution in [-0.4, -0.2) is 24.1 Å². The van der Waals surface area contributed by atoms with Crippen LogP contribution in [-0.2, 0) is 0 Å². The number of fused-ring (bicyclic) bond motifs is 12.